The lowest BCUT2D eigenvalue weighted by molar-refractivity contribution is 0.813. The third kappa shape index (κ3) is 2.47. The summed E-state index contributed by atoms with van der Waals surface area (Å²) < 4.78 is 0. The highest BCUT2D eigenvalue weighted by atomic mass is 15.1. The van der Waals surface area contributed by atoms with Gasteiger partial charge >= 0.3 is 0 Å². The normalized spacial score (nSPS) is 10.7. The lowest BCUT2D eigenvalue weighted by Crippen LogP contribution is -2.12. The van der Waals surface area contributed by atoms with E-state index in [1.165, 1.54) is 11.3 Å². The highest BCUT2D eigenvalue weighted by Crippen LogP contribution is 2.19. The molecule has 0 spiro atoms. The molecule has 0 aliphatic rings. The molecule has 1 aromatic rings. The summed E-state index contributed by atoms with van der Waals surface area (Å²) in [5, 5.41) is 0. The van der Waals surface area contributed by atoms with Crippen LogP contribution in [0, 0.1) is 0 Å². The second kappa shape index (κ2) is 4.45. The van der Waals surface area contributed by atoms with Gasteiger partial charge in [-0.2, -0.15) is 0 Å². The topological polar surface area (TPSA) is 16.1 Å². The average molecular weight is 192 g/mol. The maximum Gasteiger partial charge on any atom is 0.128 e. The van der Waals surface area contributed by atoms with Gasteiger partial charge in [0.15, 0.2) is 0 Å². The Morgan fingerprint density at radius 1 is 1.29 bits per heavy atom. The predicted octanol–water partition coefficient (Wildman–Crippen LogP) is 2.83. The van der Waals surface area contributed by atoms with Crippen molar-refractivity contribution >= 4 is 5.82 Å². The summed E-state index contributed by atoms with van der Waals surface area (Å²) in [5.74, 6) is 1.56. The van der Waals surface area contributed by atoms with E-state index < -0.39 is 0 Å². The fourth-order valence-electron chi connectivity index (χ4n) is 1.32. The largest absolute Gasteiger partial charge is 0.363 e. The number of hydrogen-bond donors (Lipinski definition) is 0. The summed E-state index contributed by atoms with van der Waals surface area (Å²) in [7, 11) is 4.07. The van der Waals surface area contributed by atoms with Crippen LogP contribution >= 0.6 is 0 Å². The third-order valence-electron chi connectivity index (χ3n) is 2.35. The van der Waals surface area contributed by atoms with Crippen LogP contribution in [-0.2, 0) is 6.42 Å². The van der Waals surface area contributed by atoms with Gasteiger partial charge in [0.25, 0.3) is 0 Å². The minimum absolute atomic E-state index is 0.500. The SMILES string of the molecule is CCc1cc(C(C)C)nc(N(C)C)c1. The van der Waals surface area contributed by atoms with E-state index >= 15 is 0 Å². The third-order valence-corrected chi connectivity index (χ3v) is 2.35. The molecule has 0 fully saturated rings. The summed E-state index contributed by atoms with van der Waals surface area (Å²) in [6.45, 7) is 6.54. The van der Waals surface area contributed by atoms with E-state index in [1.807, 2.05) is 14.1 Å². The molecule has 0 bridgehead atoms. The van der Waals surface area contributed by atoms with Gasteiger partial charge in [-0.15, -0.1) is 0 Å². The molecule has 0 saturated heterocycles. The molecule has 2 nitrogen and oxygen atoms in total. The number of hydrogen-bond acceptors (Lipinski definition) is 2. The molecule has 0 aromatic carbocycles. The minimum atomic E-state index is 0.500. The summed E-state index contributed by atoms with van der Waals surface area (Å²) >= 11 is 0. The van der Waals surface area contributed by atoms with Gasteiger partial charge in [0.2, 0.25) is 0 Å². The summed E-state index contributed by atoms with van der Waals surface area (Å²) in [6.07, 6.45) is 1.07. The van der Waals surface area contributed by atoms with Gasteiger partial charge in [-0.3, -0.25) is 0 Å². The van der Waals surface area contributed by atoms with Crippen molar-refractivity contribution in [2.45, 2.75) is 33.1 Å². The van der Waals surface area contributed by atoms with Crippen LogP contribution in [-0.4, -0.2) is 19.1 Å². The summed E-state index contributed by atoms with van der Waals surface area (Å²) in [4.78, 5) is 6.67. The first-order valence-electron chi connectivity index (χ1n) is 5.22. The number of aryl methyl sites for hydroxylation is 1. The van der Waals surface area contributed by atoms with E-state index in [0.717, 1.165) is 12.2 Å². The zero-order chi connectivity index (χ0) is 10.7. The second-order valence-electron chi connectivity index (χ2n) is 4.16. The average Bonchev–Trinajstić information content (AvgIpc) is 2.16. The Bertz CT molecular complexity index is 277. The van der Waals surface area contributed by atoms with Gasteiger partial charge in [-0.1, -0.05) is 20.8 Å². The van der Waals surface area contributed by atoms with E-state index in [0.29, 0.717) is 5.92 Å². The first-order chi connectivity index (χ1) is 6.54. The van der Waals surface area contributed by atoms with Gasteiger partial charge in [0.05, 0.1) is 0 Å². The lowest BCUT2D eigenvalue weighted by Gasteiger charge is -2.15. The maximum atomic E-state index is 4.61. The number of anilines is 1. The molecule has 0 unspecified atom stereocenters. The molecule has 0 saturated carbocycles. The number of pyridine rings is 1. The molecule has 0 radical (unpaired) electrons. The Kier molecular flexibility index (Phi) is 3.50. The van der Waals surface area contributed by atoms with Gasteiger partial charge in [-0.25, -0.2) is 4.98 Å². The number of aromatic nitrogens is 1. The summed E-state index contributed by atoms with van der Waals surface area (Å²) in [6, 6.07) is 4.36. The van der Waals surface area contributed by atoms with E-state index in [1.54, 1.807) is 0 Å². The van der Waals surface area contributed by atoms with Crippen molar-refractivity contribution in [3.63, 3.8) is 0 Å². The van der Waals surface area contributed by atoms with E-state index in [-0.39, 0.29) is 0 Å². The molecule has 0 aliphatic heterocycles. The van der Waals surface area contributed by atoms with Crippen molar-refractivity contribution in [3.05, 3.63) is 23.4 Å². The molecular weight excluding hydrogens is 172 g/mol. The first-order valence-corrected chi connectivity index (χ1v) is 5.22. The van der Waals surface area contributed by atoms with Crippen molar-refractivity contribution in [1.82, 2.24) is 4.98 Å². The zero-order valence-corrected chi connectivity index (χ0v) is 9.83. The van der Waals surface area contributed by atoms with E-state index in [4.69, 9.17) is 0 Å². The zero-order valence-electron chi connectivity index (χ0n) is 9.83. The Balaban J connectivity index is 3.13. The highest BCUT2D eigenvalue weighted by Gasteiger charge is 2.06. The van der Waals surface area contributed by atoms with Gasteiger partial charge in [0, 0.05) is 19.8 Å². The fourth-order valence-corrected chi connectivity index (χ4v) is 1.32. The molecule has 1 heterocycles. The van der Waals surface area contributed by atoms with Crippen LogP contribution in [0.15, 0.2) is 12.1 Å². The first kappa shape index (κ1) is 11.0. The molecule has 0 aliphatic carbocycles. The van der Waals surface area contributed by atoms with Crippen LogP contribution in [0.3, 0.4) is 0 Å². The van der Waals surface area contributed by atoms with E-state index in [2.05, 4.69) is 42.8 Å². The number of nitrogens with zero attached hydrogens (tertiary/aromatic N) is 2. The Morgan fingerprint density at radius 3 is 2.36 bits per heavy atom. The minimum Gasteiger partial charge on any atom is -0.363 e. The fraction of sp³-hybridized carbons (Fsp3) is 0.583. The van der Waals surface area contributed by atoms with Crippen LogP contribution < -0.4 is 4.90 Å². The highest BCUT2D eigenvalue weighted by molar-refractivity contribution is 5.41. The van der Waals surface area contributed by atoms with Crippen molar-refractivity contribution < 1.29 is 0 Å². The molecule has 0 atom stereocenters. The molecule has 78 valence electrons. The Morgan fingerprint density at radius 2 is 1.93 bits per heavy atom. The van der Waals surface area contributed by atoms with Crippen molar-refractivity contribution in [2.24, 2.45) is 0 Å². The van der Waals surface area contributed by atoms with Crippen LogP contribution in [0.4, 0.5) is 5.82 Å². The standard InChI is InChI=1S/C12H20N2/c1-6-10-7-11(9(2)3)13-12(8-10)14(4)5/h7-9H,6H2,1-5H3. The lowest BCUT2D eigenvalue weighted by atomic mass is 10.1. The van der Waals surface area contributed by atoms with Crippen molar-refractivity contribution in [2.75, 3.05) is 19.0 Å². The predicted molar refractivity (Wildman–Crippen MR) is 62.0 cm³/mol. The van der Waals surface area contributed by atoms with E-state index in [9.17, 15) is 0 Å². The Hall–Kier alpha value is -1.05. The molecule has 1 rings (SSSR count). The monoisotopic (exact) mass is 192 g/mol. The van der Waals surface area contributed by atoms with Crippen LogP contribution in [0.25, 0.3) is 0 Å². The van der Waals surface area contributed by atoms with Crippen LogP contribution in [0.1, 0.15) is 37.9 Å². The molecule has 0 N–H and O–H groups in total. The number of rotatable bonds is 3. The van der Waals surface area contributed by atoms with Crippen LogP contribution in [0.5, 0.6) is 0 Å². The van der Waals surface area contributed by atoms with Crippen molar-refractivity contribution in [3.8, 4) is 0 Å². The quantitative estimate of drug-likeness (QED) is 0.732. The summed E-state index contributed by atoms with van der Waals surface area (Å²) in [5.41, 5.74) is 2.56. The Labute approximate surface area is 87.0 Å². The second-order valence-corrected chi connectivity index (χ2v) is 4.16. The van der Waals surface area contributed by atoms with Gasteiger partial charge in [0.1, 0.15) is 5.82 Å². The van der Waals surface area contributed by atoms with Gasteiger partial charge < -0.3 is 4.90 Å². The smallest absolute Gasteiger partial charge is 0.128 e. The van der Waals surface area contributed by atoms with Gasteiger partial charge in [-0.05, 0) is 30.0 Å². The van der Waals surface area contributed by atoms with Crippen LogP contribution in [0.2, 0.25) is 0 Å². The van der Waals surface area contributed by atoms with Crippen molar-refractivity contribution in [1.29, 1.82) is 0 Å². The molecule has 2 heteroatoms. The molecule has 0 amide bonds. The maximum absolute atomic E-state index is 4.61. The molecule has 14 heavy (non-hydrogen) atoms. The molecule has 1 aromatic heterocycles. The molecular formula is C12H20N2.